The number of fused-ring (bicyclic) bond motifs is 1. The van der Waals surface area contributed by atoms with Crippen molar-refractivity contribution in [1.29, 1.82) is 0 Å². The monoisotopic (exact) mass is 407 g/mol. The number of hydrogen-bond acceptors (Lipinski definition) is 5. The number of hydrogen-bond donors (Lipinski definition) is 0. The lowest BCUT2D eigenvalue weighted by molar-refractivity contribution is 0.328. The smallest absolute Gasteiger partial charge is 0.266 e. The Labute approximate surface area is 176 Å². The zero-order valence-corrected chi connectivity index (χ0v) is 18.1. The molecule has 0 unspecified atom stereocenters. The zero-order chi connectivity index (χ0) is 21.5. The largest absolute Gasteiger partial charge is 0.342 e. The summed E-state index contributed by atoms with van der Waals surface area (Å²) in [6, 6.07) is 10.9. The molecule has 0 saturated carbocycles. The van der Waals surface area contributed by atoms with Gasteiger partial charge in [0, 0.05) is 38.2 Å². The zero-order valence-electron chi connectivity index (χ0n) is 18.1. The fraction of sp³-hybridized carbons (Fsp3) is 0.478. The van der Waals surface area contributed by atoms with Crippen molar-refractivity contribution in [2.24, 2.45) is 13.0 Å². The van der Waals surface area contributed by atoms with Gasteiger partial charge < -0.3 is 4.90 Å². The Morgan fingerprint density at radius 2 is 1.73 bits per heavy atom. The quantitative estimate of drug-likeness (QED) is 0.667. The van der Waals surface area contributed by atoms with Gasteiger partial charge in [-0.05, 0) is 37.0 Å². The van der Waals surface area contributed by atoms with E-state index in [0.29, 0.717) is 23.8 Å². The third-order valence-corrected chi connectivity index (χ3v) is 5.92. The molecule has 0 bridgehead atoms. The van der Waals surface area contributed by atoms with E-state index in [2.05, 4.69) is 30.8 Å². The van der Waals surface area contributed by atoms with Crippen molar-refractivity contribution in [2.75, 3.05) is 18.0 Å². The minimum Gasteiger partial charge on any atom is -0.342 e. The van der Waals surface area contributed by atoms with Crippen LogP contribution in [-0.2, 0) is 19.0 Å². The van der Waals surface area contributed by atoms with E-state index in [9.17, 15) is 9.59 Å². The second kappa shape index (κ2) is 7.70. The molecule has 3 aromatic rings. The minimum atomic E-state index is -0.0919. The first kappa shape index (κ1) is 20.3. The number of para-hydroxylation sites is 1. The van der Waals surface area contributed by atoms with Gasteiger partial charge in [0.25, 0.3) is 11.1 Å². The van der Waals surface area contributed by atoms with Crippen molar-refractivity contribution in [2.45, 2.75) is 45.6 Å². The van der Waals surface area contributed by atoms with Crippen LogP contribution in [0.15, 0.2) is 46.0 Å². The SMILES string of the molecule is Cn1c(N2CCC(Cn3nc(C(C)(C)C)ccc3=O)CC2)nc2ccccc2c1=O. The lowest BCUT2D eigenvalue weighted by atomic mass is 9.92. The van der Waals surface area contributed by atoms with Crippen LogP contribution in [-0.4, -0.2) is 32.4 Å². The summed E-state index contributed by atoms with van der Waals surface area (Å²) in [5, 5.41) is 5.25. The number of benzene rings is 1. The highest BCUT2D eigenvalue weighted by atomic mass is 16.1. The van der Waals surface area contributed by atoms with Gasteiger partial charge in [0.1, 0.15) is 0 Å². The predicted molar refractivity (Wildman–Crippen MR) is 119 cm³/mol. The van der Waals surface area contributed by atoms with Crippen LogP contribution in [0.25, 0.3) is 10.9 Å². The average Bonchev–Trinajstić information content (AvgIpc) is 2.72. The third kappa shape index (κ3) is 3.88. The molecule has 0 radical (unpaired) electrons. The van der Waals surface area contributed by atoms with Crippen molar-refractivity contribution >= 4 is 16.9 Å². The molecule has 158 valence electrons. The molecule has 0 spiro atoms. The highest BCUT2D eigenvalue weighted by Crippen LogP contribution is 2.24. The van der Waals surface area contributed by atoms with Crippen LogP contribution >= 0.6 is 0 Å². The molecular weight excluding hydrogens is 378 g/mol. The standard InChI is InChI=1S/C23H29N5O2/c1-23(2,3)19-9-10-20(29)28(25-19)15-16-11-13-27(14-12-16)22-24-18-8-6-5-7-17(18)21(30)26(22)4/h5-10,16H,11-15H2,1-4H3. The number of aromatic nitrogens is 4. The number of nitrogens with zero attached hydrogens (tertiary/aromatic N) is 5. The molecule has 1 aliphatic heterocycles. The first-order valence-corrected chi connectivity index (χ1v) is 10.5. The summed E-state index contributed by atoms with van der Waals surface area (Å²) in [5.41, 5.74) is 1.49. The Kier molecular flexibility index (Phi) is 5.22. The molecule has 0 N–H and O–H groups in total. The maximum Gasteiger partial charge on any atom is 0.266 e. The van der Waals surface area contributed by atoms with Crippen molar-refractivity contribution < 1.29 is 0 Å². The average molecular weight is 408 g/mol. The number of piperidine rings is 1. The van der Waals surface area contributed by atoms with Crippen LogP contribution in [0.1, 0.15) is 39.3 Å². The molecule has 4 rings (SSSR count). The summed E-state index contributed by atoms with van der Waals surface area (Å²) in [5.74, 6) is 1.08. The Bertz CT molecular complexity index is 1180. The van der Waals surface area contributed by atoms with E-state index >= 15 is 0 Å². The maximum atomic E-state index is 12.7. The minimum absolute atomic E-state index is 0.0209. The van der Waals surface area contributed by atoms with Gasteiger partial charge in [-0.15, -0.1) is 0 Å². The Balaban J connectivity index is 1.50. The lowest BCUT2D eigenvalue weighted by Gasteiger charge is -2.33. The highest BCUT2D eigenvalue weighted by molar-refractivity contribution is 5.78. The summed E-state index contributed by atoms with van der Waals surface area (Å²) in [4.78, 5) is 31.9. The summed E-state index contributed by atoms with van der Waals surface area (Å²) in [6.07, 6.45) is 1.85. The van der Waals surface area contributed by atoms with Gasteiger partial charge in [-0.3, -0.25) is 14.2 Å². The fourth-order valence-corrected chi connectivity index (χ4v) is 4.03. The van der Waals surface area contributed by atoms with Crippen LogP contribution in [0.5, 0.6) is 0 Å². The molecule has 7 heteroatoms. The van der Waals surface area contributed by atoms with E-state index in [-0.39, 0.29) is 16.5 Å². The molecule has 7 nitrogen and oxygen atoms in total. The summed E-state index contributed by atoms with van der Waals surface area (Å²) in [6.45, 7) is 8.53. The normalized spacial score (nSPS) is 15.7. The van der Waals surface area contributed by atoms with E-state index in [4.69, 9.17) is 4.98 Å². The van der Waals surface area contributed by atoms with E-state index < -0.39 is 0 Å². The van der Waals surface area contributed by atoms with Gasteiger partial charge in [-0.1, -0.05) is 32.9 Å². The highest BCUT2D eigenvalue weighted by Gasteiger charge is 2.24. The van der Waals surface area contributed by atoms with E-state index in [1.165, 1.54) is 0 Å². The van der Waals surface area contributed by atoms with E-state index in [1.54, 1.807) is 22.4 Å². The number of anilines is 1. The first-order valence-electron chi connectivity index (χ1n) is 10.5. The molecule has 1 saturated heterocycles. The number of rotatable bonds is 3. The Morgan fingerprint density at radius 1 is 1.03 bits per heavy atom. The maximum absolute atomic E-state index is 12.7. The van der Waals surface area contributed by atoms with Crippen LogP contribution in [0.3, 0.4) is 0 Å². The summed E-state index contributed by atoms with van der Waals surface area (Å²) >= 11 is 0. The van der Waals surface area contributed by atoms with Gasteiger partial charge in [0.2, 0.25) is 5.95 Å². The van der Waals surface area contributed by atoms with Gasteiger partial charge >= 0.3 is 0 Å². The van der Waals surface area contributed by atoms with Gasteiger partial charge in [-0.25, -0.2) is 9.67 Å². The first-order chi connectivity index (χ1) is 14.2. The fourth-order valence-electron chi connectivity index (χ4n) is 4.03. The second-order valence-corrected chi connectivity index (χ2v) is 9.21. The van der Waals surface area contributed by atoms with E-state index in [1.807, 2.05) is 30.3 Å². The Morgan fingerprint density at radius 3 is 2.43 bits per heavy atom. The van der Waals surface area contributed by atoms with Crippen molar-refractivity contribution in [3.63, 3.8) is 0 Å². The van der Waals surface area contributed by atoms with Crippen molar-refractivity contribution in [3.05, 3.63) is 62.8 Å². The molecule has 0 amide bonds. The predicted octanol–water partition coefficient (Wildman–Crippen LogP) is 2.70. The molecule has 30 heavy (non-hydrogen) atoms. The van der Waals surface area contributed by atoms with Gasteiger partial charge in [-0.2, -0.15) is 5.10 Å². The summed E-state index contributed by atoms with van der Waals surface area (Å²) < 4.78 is 3.26. The van der Waals surface area contributed by atoms with Crippen LogP contribution < -0.4 is 16.0 Å². The summed E-state index contributed by atoms with van der Waals surface area (Å²) in [7, 11) is 1.78. The molecule has 0 atom stereocenters. The molecule has 1 aromatic carbocycles. The second-order valence-electron chi connectivity index (χ2n) is 9.21. The topological polar surface area (TPSA) is 73.0 Å². The van der Waals surface area contributed by atoms with Crippen molar-refractivity contribution in [1.82, 2.24) is 19.3 Å². The molecule has 1 aliphatic rings. The molecular formula is C23H29N5O2. The molecule has 0 aliphatic carbocycles. The van der Waals surface area contributed by atoms with Gasteiger partial charge in [0.05, 0.1) is 16.6 Å². The van der Waals surface area contributed by atoms with Crippen molar-refractivity contribution in [3.8, 4) is 0 Å². The molecule has 2 aromatic heterocycles. The van der Waals surface area contributed by atoms with E-state index in [0.717, 1.165) is 37.1 Å². The van der Waals surface area contributed by atoms with Crippen LogP contribution in [0, 0.1) is 5.92 Å². The molecule has 3 heterocycles. The third-order valence-electron chi connectivity index (χ3n) is 5.92. The lowest BCUT2D eigenvalue weighted by Crippen LogP contribution is -2.40. The van der Waals surface area contributed by atoms with Crippen LogP contribution in [0.4, 0.5) is 5.95 Å². The Hall–Kier alpha value is -2.96. The van der Waals surface area contributed by atoms with Crippen LogP contribution in [0.2, 0.25) is 0 Å². The van der Waals surface area contributed by atoms with Gasteiger partial charge in [0.15, 0.2) is 0 Å². The molecule has 1 fully saturated rings.